The van der Waals surface area contributed by atoms with Crippen LogP contribution < -0.4 is 0 Å². The lowest BCUT2D eigenvalue weighted by Crippen LogP contribution is -2.64. The Hall–Kier alpha value is -0.440. The van der Waals surface area contributed by atoms with Crippen LogP contribution in [0.4, 0.5) is 0 Å². The molecule has 0 spiro atoms. The summed E-state index contributed by atoms with van der Waals surface area (Å²) in [4.78, 5) is 0. The molecule has 2 heterocycles. The lowest BCUT2D eigenvalue weighted by atomic mass is 9.97. The van der Waals surface area contributed by atoms with E-state index in [1.54, 1.807) is 0 Å². The maximum absolute atomic E-state index is 10.3. The van der Waals surface area contributed by atoms with Crippen LogP contribution in [0.15, 0.2) is 0 Å². The van der Waals surface area contributed by atoms with Crippen LogP contribution >= 0.6 is 0 Å². The number of rotatable bonds is 7. The minimum atomic E-state index is -1.69. The molecular formula is C15H28O11. The monoisotopic (exact) mass is 384 g/mol. The lowest BCUT2D eigenvalue weighted by Gasteiger charge is -2.45. The molecule has 11 heteroatoms. The Labute approximate surface area is 150 Å². The molecule has 2 aliphatic heterocycles. The third-order valence-electron chi connectivity index (χ3n) is 4.45. The summed E-state index contributed by atoms with van der Waals surface area (Å²) in [5.74, 6) is 0. The normalized spacial score (nSPS) is 47.1. The Morgan fingerprint density at radius 3 is 1.88 bits per heavy atom. The smallest absolute Gasteiger partial charge is 0.187 e. The zero-order chi connectivity index (χ0) is 19.4. The molecule has 0 aromatic rings. The predicted molar refractivity (Wildman–Crippen MR) is 82.6 cm³/mol. The minimum Gasteiger partial charge on any atom is -0.394 e. The molecular weight excluding hydrogens is 356 g/mol. The highest BCUT2D eigenvalue weighted by Gasteiger charge is 2.50. The number of ether oxygens (including phenoxy) is 4. The van der Waals surface area contributed by atoms with E-state index in [1.807, 2.05) is 6.92 Å². The van der Waals surface area contributed by atoms with Crippen LogP contribution in [0.2, 0.25) is 0 Å². The van der Waals surface area contributed by atoms with Gasteiger partial charge in [0.25, 0.3) is 0 Å². The van der Waals surface area contributed by atoms with Crippen LogP contribution in [0.3, 0.4) is 0 Å². The largest absolute Gasteiger partial charge is 0.394 e. The average Bonchev–Trinajstić information content (AvgIpc) is 2.64. The molecule has 154 valence electrons. The van der Waals surface area contributed by atoms with Crippen molar-refractivity contribution in [3.8, 4) is 0 Å². The van der Waals surface area contributed by atoms with E-state index in [-0.39, 0.29) is 6.61 Å². The van der Waals surface area contributed by atoms with Gasteiger partial charge in [-0.3, -0.25) is 0 Å². The third kappa shape index (κ3) is 4.51. The summed E-state index contributed by atoms with van der Waals surface area (Å²) < 4.78 is 21.3. The molecule has 0 radical (unpaired) electrons. The molecule has 2 aliphatic rings. The van der Waals surface area contributed by atoms with Gasteiger partial charge < -0.3 is 54.7 Å². The standard InChI is InChI=1S/C15H28O11/c1-2-3-23-14-12(22)10(20)13(7(5-17)25-14)26-15-11(21)9(19)8(18)6(4-16)24-15/h6-22H,2-5H2,1H3. The van der Waals surface area contributed by atoms with Gasteiger partial charge in [-0.15, -0.1) is 0 Å². The van der Waals surface area contributed by atoms with Crippen molar-refractivity contribution in [2.75, 3.05) is 19.8 Å². The molecule has 7 N–H and O–H groups in total. The number of aliphatic hydroxyl groups excluding tert-OH is 7. The molecule has 2 fully saturated rings. The first-order chi connectivity index (χ1) is 12.3. The lowest BCUT2D eigenvalue weighted by molar-refractivity contribution is -0.359. The number of hydrogen-bond donors (Lipinski definition) is 7. The Morgan fingerprint density at radius 2 is 1.31 bits per heavy atom. The van der Waals surface area contributed by atoms with Gasteiger partial charge in [0.15, 0.2) is 12.6 Å². The van der Waals surface area contributed by atoms with Gasteiger partial charge in [-0.2, -0.15) is 0 Å². The maximum Gasteiger partial charge on any atom is 0.187 e. The van der Waals surface area contributed by atoms with Crippen molar-refractivity contribution in [1.82, 2.24) is 0 Å². The van der Waals surface area contributed by atoms with Crippen molar-refractivity contribution >= 4 is 0 Å². The van der Waals surface area contributed by atoms with Gasteiger partial charge in [0.05, 0.1) is 13.2 Å². The first-order valence-corrected chi connectivity index (χ1v) is 8.55. The van der Waals surface area contributed by atoms with Crippen LogP contribution in [0.5, 0.6) is 0 Å². The van der Waals surface area contributed by atoms with Crippen LogP contribution in [0.25, 0.3) is 0 Å². The van der Waals surface area contributed by atoms with Crippen LogP contribution in [0.1, 0.15) is 13.3 Å². The second-order valence-electron chi connectivity index (χ2n) is 6.38. The highest BCUT2D eigenvalue weighted by Crippen LogP contribution is 2.29. The molecule has 0 aromatic heterocycles. The molecule has 0 aromatic carbocycles. The van der Waals surface area contributed by atoms with Crippen LogP contribution in [0, 0.1) is 0 Å². The van der Waals surface area contributed by atoms with Crippen molar-refractivity contribution in [3.05, 3.63) is 0 Å². The van der Waals surface area contributed by atoms with Crippen molar-refractivity contribution < 1.29 is 54.7 Å². The fourth-order valence-corrected chi connectivity index (χ4v) is 2.93. The molecule has 2 saturated heterocycles. The van der Waals surface area contributed by atoms with Crippen molar-refractivity contribution in [2.24, 2.45) is 0 Å². The van der Waals surface area contributed by atoms with Gasteiger partial charge in [-0.1, -0.05) is 6.92 Å². The Balaban J connectivity index is 2.09. The Morgan fingerprint density at radius 1 is 0.731 bits per heavy atom. The molecule has 26 heavy (non-hydrogen) atoms. The molecule has 11 nitrogen and oxygen atoms in total. The molecule has 0 bridgehead atoms. The van der Waals surface area contributed by atoms with E-state index in [0.717, 1.165) is 0 Å². The quantitative estimate of drug-likeness (QED) is 0.228. The fourth-order valence-electron chi connectivity index (χ4n) is 2.93. The van der Waals surface area contributed by atoms with E-state index in [2.05, 4.69) is 0 Å². The SMILES string of the molecule is CCCOC1OC(CO)C(OC2OC(CO)C(O)C(O)C2O)C(O)C1O. The van der Waals surface area contributed by atoms with Crippen molar-refractivity contribution in [1.29, 1.82) is 0 Å². The van der Waals surface area contributed by atoms with Gasteiger partial charge in [0, 0.05) is 6.61 Å². The van der Waals surface area contributed by atoms with E-state index in [0.29, 0.717) is 6.42 Å². The number of aliphatic hydroxyl groups is 7. The Kier molecular flexibility index (Phi) is 8.12. The first-order valence-electron chi connectivity index (χ1n) is 8.55. The molecule has 0 amide bonds. The fraction of sp³-hybridized carbons (Fsp3) is 1.00. The Bertz CT molecular complexity index is 420. The zero-order valence-electron chi connectivity index (χ0n) is 14.4. The van der Waals surface area contributed by atoms with E-state index in [1.165, 1.54) is 0 Å². The highest BCUT2D eigenvalue weighted by atomic mass is 16.7. The molecule has 10 atom stereocenters. The summed E-state index contributed by atoms with van der Waals surface area (Å²) in [7, 11) is 0. The van der Waals surface area contributed by atoms with Gasteiger partial charge >= 0.3 is 0 Å². The third-order valence-corrected chi connectivity index (χ3v) is 4.45. The molecule has 10 unspecified atom stereocenters. The van der Waals surface area contributed by atoms with Crippen LogP contribution in [-0.2, 0) is 18.9 Å². The molecule has 0 aliphatic carbocycles. The summed E-state index contributed by atoms with van der Waals surface area (Å²) in [5, 5.41) is 68.7. The minimum absolute atomic E-state index is 0.269. The van der Waals surface area contributed by atoms with Crippen molar-refractivity contribution in [2.45, 2.75) is 74.8 Å². The van der Waals surface area contributed by atoms with Gasteiger partial charge in [-0.25, -0.2) is 0 Å². The van der Waals surface area contributed by atoms with Crippen LogP contribution in [-0.4, -0.2) is 117 Å². The first kappa shape index (κ1) is 21.9. The van der Waals surface area contributed by atoms with E-state index >= 15 is 0 Å². The number of hydrogen-bond acceptors (Lipinski definition) is 11. The van der Waals surface area contributed by atoms with E-state index in [9.17, 15) is 35.7 Å². The topological polar surface area (TPSA) is 179 Å². The summed E-state index contributed by atoms with van der Waals surface area (Å²) in [6.45, 7) is 0.885. The summed E-state index contributed by atoms with van der Waals surface area (Å²) in [5.41, 5.74) is 0. The zero-order valence-corrected chi connectivity index (χ0v) is 14.4. The summed E-state index contributed by atoms with van der Waals surface area (Å²) in [6.07, 6.45) is -13.6. The second-order valence-corrected chi connectivity index (χ2v) is 6.38. The van der Waals surface area contributed by atoms with E-state index in [4.69, 9.17) is 18.9 Å². The predicted octanol–water partition coefficient (Wildman–Crippen LogP) is -3.96. The van der Waals surface area contributed by atoms with Gasteiger partial charge in [0.1, 0.15) is 48.8 Å². The summed E-state index contributed by atoms with van der Waals surface area (Å²) >= 11 is 0. The van der Waals surface area contributed by atoms with Gasteiger partial charge in [0.2, 0.25) is 0 Å². The maximum atomic E-state index is 10.3. The van der Waals surface area contributed by atoms with Gasteiger partial charge in [-0.05, 0) is 6.42 Å². The van der Waals surface area contributed by atoms with E-state index < -0.39 is 74.6 Å². The molecule has 0 saturated carbocycles. The second kappa shape index (κ2) is 9.66. The van der Waals surface area contributed by atoms with Crippen molar-refractivity contribution in [3.63, 3.8) is 0 Å². The highest BCUT2D eigenvalue weighted by molar-refractivity contribution is 4.94. The molecule has 2 rings (SSSR count). The summed E-state index contributed by atoms with van der Waals surface area (Å²) in [6, 6.07) is 0. The average molecular weight is 384 g/mol.